The van der Waals surface area contributed by atoms with Crippen LogP contribution >= 0.6 is 0 Å². The first kappa shape index (κ1) is 12.3. The van der Waals surface area contributed by atoms with Crippen LogP contribution in [0.4, 0.5) is 0 Å². The fourth-order valence-electron chi connectivity index (χ4n) is 1.31. The zero-order valence-electron chi connectivity index (χ0n) is 9.40. The van der Waals surface area contributed by atoms with E-state index in [2.05, 4.69) is 4.74 Å². The van der Waals surface area contributed by atoms with Gasteiger partial charge in [-0.2, -0.15) is 0 Å². The molecule has 4 nitrogen and oxygen atoms in total. The molecule has 1 rings (SSSR count). The monoisotopic (exact) mass is 221 g/mol. The van der Waals surface area contributed by atoms with Gasteiger partial charge in [-0.1, -0.05) is 18.2 Å². The fourth-order valence-corrected chi connectivity index (χ4v) is 1.31. The Morgan fingerprint density at radius 1 is 1.38 bits per heavy atom. The van der Waals surface area contributed by atoms with Crippen LogP contribution in [0.3, 0.4) is 0 Å². The number of hydrogen-bond donors (Lipinski definition) is 1. The number of para-hydroxylation sites is 1. The zero-order chi connectivity index (χ0) is 12.0. The molecule has 0 bridgehead atoms. The molecule has 0 aliphatic rings. The van der Waals surface area contributed by atoms with Gasteiger partial charge in [0.25, 0.3) is 0 Å². The predicted molar refractivity (Wildman–Crippen MR) is 62.0 cm³/mol. The van der Waals surface area contributed by atoms with Gasteiger partial charge in [0.15, 0.2) is 0 Å². The van der Waals surface area contributed by atoms with Crippen LogP contribution in [0.5, 0.6) is 5.75 Å². The van der Waals surface area contributed by atoms with Gasteiger partial charge in [0.1, 0.15) is 5.75 Å². The quantitative estimate of drug-likeness (QED) is 0.613. The number of methoxy groups -OCH3 is 2. The van der Waals surface area contributed by atoms with Gasteiger partial charge in [-0.05, 0) is 12.1 Å². The molecule has 0 radical (unpaired) electrons. The van der Waals surface area contributed by atoms with Gasteiger partial charge in [-0.25, -0.2) is 4.79 Å². The summed E-state index contributed by atoms with van der Waals surface area (Å²) in [6, 6.07) is 7.38. The molecule has 2 N–H and O–H groups in total. The van der Waals surface area contributed by atoms with E-state index in [-0.39, 0.29) is 6.54 Å². The van der Waals surface area contributed by atoms with E-state index < -0.39 is 5.97 Å². The molecule has 0 saturated heterocycles. The Hall–Kier alpha value is -1.81. The highest BCUT2D eigenvalue weighted by Crippen LogP contribution is 2.20. The van der Waals surface area contributed by atoms with E-state index in [1.807, 2.05) is 24.3 Å². The lowest BCUT2D eigenvalue weighted by Crippen LogP contribution is -2.14. The van der Waals surface area contributed by atoms with Crippen LogP contribution in [0.1, 0.15) is 5.56 Å². The van der Waals surface area contributed by atoms with E-state index in [1.54, 1.807) is 13.2 Å². The molecule has 0 heterocycles. The number of carbonyl (C=O) groups excluding carboxylic acids is 1. The first-order chi connectivity index (χ1) is 7.72. The van der Waals surface area contributed by atoms with E-state index in [0.29, 0.717) is 11.3 Å². The number of hydrogen-bond acceptors (Lipinski definition) is 4. The van der Waals surface area contributed by atoms with Crippen molar-refractivity contribution >= 4 is 12.0 Å². The Kier molecular flexibility index (Phi) is 4.54. The Bertz CT molecular complexity index is 399. The first-order valence-corrected chi connectivity index (χ1v) is 4.85. The summed E-state index contributed by atoms with van der Waals surface area (Å²) in [7, 11) is 2.90. The highest BCUT2D eigenvalue weighted by Gasteiger charge is 2.08. The standard InChI is InChI=1S/C12H15NO3/c1-15-11-6-4-3-5-9(11)7-10(8-13)12(14)16-2/h3-7H,8,13H2,1-2H3/b10-7+. The summed E-state index contributed by atoms with van der Waals surface area (Å²) in [6.07, 6.45) is 1.67. The van der Waals surface area contributed by atoms with Crippen LogP contribution in [0.15, 0.2) is 29.8 Å². The third kappa shape index (κ3) is 2.84. The number of esters is 1. The van der Waals surface area contributed by atoms with Crippen molar-refractivity contribution in [2.24, 2.45) is 5.73 Å². The minimum absolute atomic E-state index is 0.130. The van der Waals surface area contributed by atoms with E-state index in [4.69, 9.17) is 10.5 Å². The lowest BCUT2D eigenvalue weighted by atomic mass is 10.1. The summed E-state index contributed by atoms with van der Waals surface area (Å²) in [5.41, 5.74) is 6.69. The normalized spacial score (nSPS) is 11.1. The van der Waals surface area contributed by atoms with Gasteiger partial charge < -0.3 is 15.2 Å². The van der Waals surface area contributed by atoms with Gasteiger partial charge >= 0.3 is 5.97 Å². The van der Waals surface area contributed by atoms with E-state index in [1.165, 1.54) is 7.11 Å². The summed E-state index contributed by atoms with van der Waals surface area (Å²) in [5.74, 6) is 0.269. The molecule has 1 aromatic carbocycles. The van der Waals surface area contributed by atoms with Crippen LogP contribution in [0, 0.1) is 0 Å². The Balaban J connectivity index is 3.08. The summed E-state index contributed by atoms with van der Waals surface area (Å²) in [5, 5.41) is 0. The van der Waals surface area contributed by atoms with Gasteiger partial charge in [0.2, 0.25) is 0 Å². The van der Waals surface area contributed by atoms with Gasteiger partial charge in [0, 0.05) is 12.1 Å². The molecule has 0 amide bonds. The second-order valence-corrected chi connectivity index (χ2v) is 3.11. The third-order valence-corrected chi connectivity index (χ3v) is 2.14. The SMILES string of the molecule is COC(=O)/C(=C/c1ccccc1OC)CN. The number of nitrogens with two attached hydrogens (primary N) is 1. The molecule has 0 saturated carbocycles. The Labute approximate surface area is 94.7 Å². The number of rotatable bonds is 4. The largest absolute Gasteiger partial charge is 0.496 e. The zero-order valence-corrected chi connectivity index (χ0v) is 9.40. The summed E-state index contributed by atoms with van der Waals surface area (Å²) < 4.78 is 9.79. The van der Waals surface area contributed by atoms with Crippen molar-refractivity contribution in [2.45, 2.75) is 0 Å². The van der Waals surface area contributed by atoms with Crippen molar-refractivity contribution in [3.63, 3.8) is 0 Å². The summed E-state index contributed by atoms with van der Waals surface area (Å²) in [6.45, 7) is 0.130. The van der Waals surface area contributed by atoms with Crippen LogP contribution in [-0.2, 0) is 9.53 Å². The molecule has 0 spiro atoms. The first-order valence-electron chi connectivity index (χ1n) is 4.85. The van der Waals surface area contributed by atoms with Crippen LogP contribution in [0.2, 0.25) is 0 Å². The molecule has 4 heteroatoms. The predicted octanol–water partition coefficient (Wildman–Crippen LogP) is 1.21. The van der Waals surface area contributed by atoms with Crippen molar-refractivity contribution in [3.8, 4) is 5.75 Å². The van der Waals surface area contributed by atoms with Gasteiger partial charge in [-0.3, -0.25) is 0 Å². The lowest BCUT2D eigenvalue weighted by Gasteiger charge is -2.06. The lowest BCUT2D eigenvalue weighted by molar-refractivity contribution is -0.136. The van der Waals surface area contributed by atoms with Crippen molar-refractivity contribution in [3.05, 3.63) is 35.4 Å². The molecule has 0 unspecified atom stereocenters. The minimum atomic E-state index is -0.423. The maximum Gasteiger partial charge on any atom is 0.335 e. The van der Waals surface area contributed by atoms with Crippen LogP contribution < -0.4 is 10.5 Å². The molecule has 0 fully saturated rings. The molecule has 1 aromatic rings. The molecule has 0 aliphatic carbocycles. The van der Waals surface area contributed by atoms with Crippen molar-refractivity contribution in [2.75, 3.05) is 20.8 Å². The molecule has 0 aliphatic heterocycles. The molecule has 86 valence electrons. The van der Waals surface area contributed by atoms with Crippen molar-refractivity contribution in [1.82, 2.24) is 0 Å². The average molecular weight is 221 g/mol. The summed E-state index contributed by atoms with van der Waals surface area (Å²) in [4.78, 5) is 11.3. The highest BCUT2D eigenvalue weighted by molar-refractivity contribution is 5.94. The third-order valence-electron chi connectivity index (χ3n) is 2.14. The molecule has 16 heavy (non-hydrogen) atoms. The van der Waals surface area contributed by atoms with E-state index in [9.17, 15) is 4.79 Å². The topological polar surface area (TPSA) is 61.5 Å². The second kappa shape index (κ2) is 5.92. The maximum absolute atomic E-state index is 11.3. The van der Waals surface area contributed by atoms with Crippen LogP contribution in [-0.4, -0.2) is 26.7 Å². The van der Waals surface area contributed by atoms with Crippen molar-refractivity contribution in [1.29, 1.82) is 0 Å². The Morgan fingerprint density at radius 3 is 2.62 bits per heavy atom. The molecule has 0 atom stereocenters. The number of benzene rings is 1. The molecular formula is C12H15NO3. The number of ether oxygens (including phenoxy) is 2. The molecular weight excluding hydrogens is 206 g/mol. The number of carbonyl (C=O) groups is 1. The maximum atomic E-state index is 11.3. The Morgan fingerprint density at radius 2 is 2.06 bits per heavy atom. The van der Waals surface area contributed by atoms with E-state index in [0.717, 1.165) is 5.56 Å². The van der Waals surface area contributed by atoms with Crippen LogP contribution in [0.25, 0.3) is 6.08 Å². The van der Waals surface area contributed by atoms with Gasteiger partial charge in [-0.15, -0.1) is 0 Å². The fraction of sp³-hybridized carbons (Fsp3) is 0.250. The summed E-state index contributed by atoms with van der Waals surface area (Å²) >= 11 is 0. The second-order valence-electron chi connectivity index (χ2n) is 3.11. The molecule has 0 aromatic heterocycles. The minimum Gasteiger partial charge on any atom is -0.496 e. The average Bonchev–Trinajstić information content (AvgIpc) is 2.35. The van der Waals surface area contributed by atoms with Gasteiger partial charge in [0.05, 0.1) is 19.8 Å². The highest BCUT2D eigenvalue weighted by atomic mass is 16.5. The van der Waals surface area contributed by atoms with E-state index >= 15 is 0 Å². The van der Waals surface area contributed by atoms with Crippen molar-refractivity contribution < 1.29 is 14.3 Å². The smallest absolute Gasteiger partial charge is 0.335 e.